The quantitative estimate of drug-likeness (QED) is 0.195. The lowest BCUT2D eigenvalue weighted by atomic mass is 10.1. The van der Waals surface area contributed by atoms with E-state index >= 15 is 0 Å². The van der Waals surface area contributed by atoms with E-state index in [1.165, 1.54) is 4.90 Å². The Hall–Kier alpha value is -4.38. The van der Waals surface area contributed by atoms with Crippen molar-refractivity contribution in [2.24, 2.45) is 5.73 Å². The van der Waals surface area contributed by atoms with E-state index < -0.39 is 23.9 Å². The summed E-state index contributed by atoms with van der Waals surface area (Å²) in [6.07, 6.45) is 2.79. The maximum absolute atomic E-state index is 11.9. The molecule has 0 atom stereocenters. The van der Waals surface area contributed by atoms with Gasteiger partial charge < -0.3 is 20.7 Å². The molecule has 0 saturated carbocycles. The van der Waals surface area contributed by atoms with Crippen LogP contribution in [0.4, 0.5) is 0 Å². The van der Waals surface area contributed by atoms with E-state index in [2.05, 4.69) is 4.74 Å². The van der Waals surface area contributed by atoms with Crippen molar-refractivity contribution in [3.05, 3.63) is 70.8 Å². The van der Waals surface area contributed by atoms with E-state index in [1.54, 1.807) is 48.5 Å². The van der Waals surface area contributed by atoms with Gasteiger partial charge in [-0.1, -0.05) is 24.3 Å². The van der Waals surface area contributed by atoms with Crippen LogP contribution in [-0.4, -0.2) is 63.9 Å². The molecule has 2 aliphatic heterocycles. The number of carbonyl (C=O) groups is 6. The van der Waals surface area contributed by atoms with Crippen molar-refractivity contribution in [2.75, 3.05) is 13.1 Å². The number of carboxylic acid groups (broad SMARTS) is 2. The van der Waals surface area contributed by atoms with Gasteiger partial charge in [0.25, 0.3) is 11.8 Å². The minimum atomic E-state index is -0.864. The molecule has 0 aliphatic carbocycles. The van der Waals surface area contributed by atoms with Gasteiger partial charge >= 0.3 is 23.9 Å². The summed E-state index contributed by atoms with van der Waals surface area (Å²) in [6, 6.07) is 13.2. The molecule has 0 aromatic heterocycles. The molecule has 37 heavy (non-hydrogen) atoms. The van der Waals surface area contributed by atoms with Gasteiger partial charge in [0, 0.05) is 19.4 Å². The molecule has 4 rings (SSSR count). The van der Waals surface area contributed by atoms with Gasteiger partial charge in [-0.15, -0.1) is 0 Å². The molecule has 0 bridgehead atoms. The van der Waals surface area contributed by atoms with Crippen LogP contribution in [0.25, 0.3) is 0 Å². The van der Waals surface area contributed by atoms with Crippen molar-refractivity contribution in [2.45, 2.75) is 38.5 Å². The molecule has 0 unspecified atom stereocenters. The summed E-state index contributed by atoms with van der Waals surface area (Å²) in [5.74, 6) is -3.27. The molecule has 0 fully saturated rings. The summed E-state index contributed by atoms with van der Waals surface area (Å²) in [6.45, 7) is 0.868. The Bertz CT molecular complexity index is 1110. The Kier molecular flexibility index (Phi) is 11.1. The average molecular weight is 513 g/mol. The maximum Gasteiger partial charge on any atom is 0.346 e. The zero-order valence-electron chi connectivity index (χ0n) is 20.1. The summed E-state index contributed by atoms with van der Waals surface area (Å²) in [5, 5.41) is 16.6. The fourth-order valence-electron chi connectivity index (χ4n) is 3.44. The highest BCUT2D eigenvalue weighted by atomic mass is 16.6. The van der Waals surface area contributed by atoms with Crippen molar-refractivity contribution in [3.63, 3.8) is 0 Å². The average Bonchev–Trinajstić information content (AvgIpc) is 3.30. The number of amides is 2. The first-order chi connectivity index (χ1) is 17.7. The molecule has 2 aromatic carbocycles. The maximum atomic E-state index is 11.9. The highest BCUT2D eigenvalue weighted by molar-refractivity contribution is 6.21. The third kappa shape index (κ3) is 8.36. The number of cyclic esters (lactones) is 2. The second kappa shape index (κ2) is 14.2. The minimum Gasteiger partial charge on any atom is -0.481 e. The summed E-state index contributed by atoms with van der Waals surface area (Å²) in [4.78, 5) is 66.9. The monoisotopic (exact) mass is 512 g/mol. The van der Waals surface area contributed by atoms with Crippen molar-refractivity contribution >= 4 is 35.7 Å². The Morgan fingerprint density at radius 3 is 1.49 bits per heavy atom. The van der Waals surface area contributed by atoms with Gasteiger partial charge in [0.15, 0.2) is 0 Å². The van der Waals surface area contributed by atoms with Gasteiger partial charge in [-0.2, -0.15) is 0 Å². The normalized spacial score (nSPS) is 13.1. The lowest BCUT2D eigenvalue weighted by Crippen LogP contribution is -2.30. The van der Waals surface area contributed by atoms with Crippen LogP contribution in [0.5, 0.6) is 0 Å². The van der Waals surface area contributed by atoms with Gasteiger partial charge in [0.2, 0.25) is 0 Å². The predicted octanol–water partition coefficient (Wildman–Crippen LogP) is 2.73. The van der Waals surface area contributed by atoms with Crippen molar-refractivity contribution in [1.29, 1.82) is 0 Å². The molecule has 2 heterocycles. The number of fused-ring (bicyclic) bond motifs is 2. The second-order valence-electron chi connectivity index (χ2n) is 8.02. The third-order valence-corrected chi connectivity index (χ3v) is 5.30. The van der Waals surface area contributed by atoms with Crippen molar-refractivity contribution in [3.8, 4) is 0 Å². The highest BCUT2D eigenvalue weighted by Gasteiger charge is 2.34. The Morgan fingerprint density at radius 2 is 1.08 bits per heavy atom. The van der Waals surface area contributed by atoms with E-state index in [0.717, 1.165) is 6.42 Å². The molecule has 0 saturated heterocycles. The number of hydrogen-bond donors (Lipinski definition) is 3. The molecule has 11 heteroatoms. The van der Waals surface area contributed by atoms with Crippen LogP contribution in [0.1, 0.15) is 80.0 Å². The topological polar surface area (TPSA) is 181 Å². The van der Waals surface area contributed by atoms with Crippen molar-refractivity contribution < 1.29 is 43.7 Å². The molecular weight excluding hydrogens is 484 g/mol. The van der Waals surface area contributed by atoms with Gasteiger partial charge in [-0.05, 0) is 56.5 Å². The summed E-state index contributed by atoms with van der Waals surface area (Å²) < 4.78 is 4.35. The molecular formula is C26H28N2O9. The molecule has 0 radical (unpaired) electrons. The van der Waals surface area contributed by atoms with E-state index in [-0.39, 0.29) is 31.2 Å². The molecule has 4 N–H and O–H groups in total. The number of carboxylic acids is 2. The Balaban J connectivity index is 0.000000216. The first-order valence-electron chi connectivity index (χ1n) is 11.6. The Labute approximate surface area is 212 Å². The molecule has 2 aromatic rings. The number of ether oxygens (including phenoxy) is 1. The summed E-state index contributed by atoms with van der Waals surface area (Å²) >= 11 is 0. The van der Waals surface area contributed by atoms with Crippen LogP contribution in [-0.2, 0) is 14.3 Å². The van der Waals surface area contributed by atoms with Gasteiger partial charge in [0.05, 0.1) is 22.3 Å². The van der Waals surface area contributed by atoms with Crippen LogP contribution in [0, 0.1) is 0 Å². The first kappa shape index (κ1) is 28.9. The number of rotatable bonds is 9. The highest BCUT2D eigenvalue weighted by Crippen LogP contribution is 2.22. The minimum absolute atomic E-state index is 0.0587. The number of nitrogens with zero attached hydrogens (tertiary/aromatic N) is 1. The van der Waals surface area contributed by atoms with Crippen molar-refractivity contribution in [1.82, 2.24) is 4.90 Å². The zero-order valence-corrected chi connectivity index (χ0v) is 20.1. The zero-order chi connectivity index (χ0) is 27.4. The van der Waals surface area contributed by atoms with E-state index in [4.69, 9.17) is 15.9 Å². The summed E-state index contributed by atoms with van der Waals surface area (Å²) in [7, 11) is 0. The fraction of sp³-hybridized carbons (Fsp3) is 0.308. The number of unbranched alkanes of at least 4 members (excludes halogenated alkanes) is 2. The Morgan fingerprint density at radius 1 is 0.676 bits per heavy atom. The number of esters is 2. The van der Waals surface area contributed by atoms with Crippen LogP contribution < -0.4 is 5.73 Å². The molecule has 2 amide bonds. The SMILES string of the molecule is NCCCCC(=O)O.O=C(O)CCCCN1C(=O)c2ccccc2C1=O.O=C1OC(=O)c2ccccc21. The van der Waals surface area contributed by atoms with E-state index in [9.17, 15) is 28.8 Å². The number of carbonyl (C=O) groups excluding carboxylic acids is 4. The molecule has 0 spiro atoms. The fourth-order valence-corrected chi connectivity index (χ4v) is 3.44. The largest absolute Gasteiger partial charge is 0.481 e. The van der Waals surface area contributed by atoms with E-state index in [0.29, 0.717) is 48.1 Å². The van der Waals surface area contributed by atoms with Crippen LogP contribution in [0.15, 0.2) is 48.5 Å². The summed E-state index contributed by atoms with van der Waals surface area (Å²) in [5.41, 5.74) is 6.70. The third-order valence-electron chi connectivity index (χ3n) is 5.30. The number of benzene rings is 2. The predicted molar refractivity (Wildman–Crippen MR) is 130 cm³/mol. The lowest BCUT2D eigenvalue weighted by Gasteiger charge is -2.12. The molecule has 196 valence electrons. The number of nitrogens with two attached hydrogens (primary N) is 1. The van der Waals surface area contributed by atoms with Crippen LogP contribution in [0.2, 0.25) is 0 Å². The van der Waals surface area contributed by atoms with Crippen LogP contribution >= 0.6 is 0 Å². The molecule has 2 aliphatic rings. The standard InChI is InChI=1S/C13H13NO4.C8H4O3.C5H11NO2/c15-11(16)7-3-4-8-14-12(17)9-5-1-2-6-10(9)13(14)18;9-7-5-3-1-2-4-6(5)8(10)11-7;6-4-2-1-3-5(7)8/h1-2,5-6H,3-4,7-8H2,(H,15,16);1-4H;1-4,6H2,(H,7,8). The van der Waals surface area contributed by atoms with E-state index in [1.807, 2.05) is 0 Å². The van der Waals surface area contributed by atoms with Gasteiger partial charge in [0.1, 0.15) is 0 Å². The number of imide groups is 1. The smallest absolute Gasteiger partial charge is 0.346 e. The number of hydrogen-bond acceptors (Lipinski definition) is 8. The first-order valence-corrected chi connectivity index (χ1v) is 11.6. The second-order valence-corrected chi connectivity index (χ2v) is 8.02. The van der Waals surface area contributed by atoms with Gasteiger partial charge in [-0.25, -0.2) is 9.59 Å². The number of aliphatic carboxylic acids is 2. The lowest BCUT2D eigenvalue weighted by molar-refractivity contribution is -0.138. The van der Waals surface area contributed by atoms with Crippen LogP contribution in [0.3, 0.4) is 0 Å². The molecule has 11 nitrogen and oxygen atoms in total. The van der Waals surface area contributed by atoms with Gasteiger partial charge in [-0.3, -0.25) is 24.1 Å².